The van der Waals surface area contributed by atoms with Gasteiger partial charge in [-0.3, -0.25) is 4.79 Å². The lowest BCUT2D eigenvalue weighted by Crippen LogP contribution is -2.63. The zero-order chi connectivity index (χ0) is 23.5. The van der Waals surface area contributed by atoms with E-state index in [9.17, 15) is 40.5 Å². The van der Waals surface area contributed by atoms with Crippen molar-refractivity contribution in [3.8, 4) is 0 Å². The third-order valence-electron chi connectivity index (χ3n) is 5.30. The molecular weight excluding hydrogens is 458 g/mol. The van der Waals surface area contributed by atoms with Gasteiger partial charge >= 0.3 is 5.97 Å². The number of aliphatic hydroxyl groups is 7. The summed E-state index contributed by atoms with van der Waals surface area (Å²) in [7, 11) is 0. The molecule has 32 heavy (non-hydrogen) atoms. The maximum Gasteiger partial charge on any atom is 0.308 e. The smallest absolute Gasteiger partial charge is 0.308 e. The predicted octanol–water partition coefficient (Wildman–Crippen LogP) is -4.05. The van der Waals surface area contributed by atoms with Gasteiger partial charge in [-0.05, 0) is 13.3 Å². The Morgan fingerprint density at radius 2 is 1.34 bits per heavy atom. The third-order valence-corrected chi connectivity index (χ3v) is 5.30. The highest BCUT2D eigenvalue weighted by Gasteiger charge is 2.49. The lowest BCUT2D eigenvalue weighted by Gasteiger charge is -2.44. The number of rotatable bonds is 8. The molecular formula is C18H34ClNO12. The van der Waals surface area contributed by atoms with Crippen LogP contribution in [0.1, 0.15) is 20.3 Å². The number of hydrogen-bond donors (Lipinski definition) is 8. The molecule has 2 heterocycles. The number of aliphatic hydroxyl groups excluding tert-OH is 7. The first kappa shape index (κ1) is 29.4. The summed E-state index contributed by atoms with van der Waals surface area (Å²) < 4.78 is 21.0. The minimum Gasteiger partial charge on any atom is -0.463 e. The molecule has 12 atom stereocenters. The van der Waals surface area contributed by atoms with Crippen LogP contribution in [0.4, 0.5) is 0 Å². The number of halogens is 1. The van der Waals surface area contributed by atoms with Crippen molar-refractivity contribution in [3.63, 3.8) is 0 Å². The van der Waals surface area contributed by atoms with Gasteiger partial charge in [-0.25, -0.2) is 0 Å². The normalized spacial score (nSPS) is 41.9. The van der Waals surface area contributed by atoms with E-state index in [1.165, 1.54) is 0 Å². The van der Waals surface area contributed by atoms with E-state index in [0.717, 1.165) is 0 Å². The molecule has 0 radical (unpaired) electrons. The van der Waals surface area contributed by atoms with E-state index in [0.29, 0.717) is 6.42 Å². The minimum absolute atomic E-state index is 0. The molecule has 0 aromatic heterocycles. The SMILES string of the molecule is CC(N)CC(C)C(=O)OC[C@H]1OC(OC2O[C@H](CO)[C@@H](O)[C@H](O)[C@H]2O)[C@H](O)[C@@H](O)[C@@H]1O.Cl. The van der Waals surface area contributed by atoms with Crippen molar-refractivity contribution in [3.05, 3.63) is 0 Å². The fourth-order valence-electron chi connectivity index (χ4n) is 3.44. The average molecular weight is 492 g/mol. The quantitative estimate of drug-likeness (QED) is 0.152. The topological polar surface area (TPSA) is 222 Å². The van der Waals surface area contributed by atoms with E-state index in [1.807, 2.05) is 0 Å². The highest BCUT2D eigenvalue weighted by Crippen LogP contribution is 2.28. The summed E-state index contributed by atoms with van der Waals surface area (Å²) in [6, 6.07) is -0.229. The van der Waals surface area contributed by atoms with Crippen LogP contribution in [0, 0.1) is 5.92 Å². The monoisotopic (exact) mass is 491 g/mol. The first-order valence-corrected chi connectivity index (χ1v) is 10.1. The van der Waals surface area contributed by atoms with Gasteiger partial charge in [-0.1, -0.05) is 6.92 Å². The van der Waals surface area contributed by atoms with Gasteiger partial charge in [0.05, 0.1) is 12.5 Å². The molecule has 2 aliphatic heterocycles. The van der Waals surface area contributed by atoms with Gasteiger partial charge < -0.3 is 60.4 Å². The number of hydrogen-bond acceptors (Lipinski definition) is 13. The fourth-order valence-corrected chi connectivity index (χ4v) is 3.44. The van der Waals surface area contributed by atoms with Crippen molar-refractivity contribution in [2.75, 3.05) is 13.2 Å². The Balaban J connectivity index is 0.00000512. The maximum atomic E-state index is 12.1. The fraction of sp³-hybridized carbons (Fsp3) is 0.944. The zero-order valence-electron chi connectivity index (χ0n) is 17.7. The minimum atomic E-state index is -1.79. The van der Waals surface area contributed by atoms with Gasteiger partial charge in [0, 0.05) is 6.04 Å². The molecule has 9 N–H and O–H groups in total. The van der Waals surface area contributed by atoms with E-state index >= 15 is 0 Å². The predicted molar refractivity (Wildman–Crippen MR) is 107 cm³/mol. The van der Waals surface area contributed by atoms with Crippen LogP contribution in [-0.2, 0) is 23.7 Å². The number of carbonyl (C=O) groups is 1. The van der Waals surface area contributed by atoms with Crippen LogP contribution in [0.5, 0.6) is 0 Å². The van der Waals surface area contributed by atoms with Crippen LogP contribution in [0.3, 0.4) is 0 Å². The van der Waals surface area contributed by atoms with Crippen molar-refractivity contribution in [2.45, 2.75) is 87.7 Å². The van der Waals surface area contributed by atoms with Gasteiger partial charge in [-0.2, -0.15) is 0 Å². The Morgan fingerprint density at radius 1 is 0.875 bits per heavy atom. The first-order valence-electron chi connectivity index (χ1n) is 10.1. The van der Waals surface area contributed by atoms with Crippen LogP contribution in [0.25, 0.3) is 0 Å². The molecule has 2 fully saturated rings. The molecule has 2 rings (SSSR count). The molecule has 0 aromatic carbocycles. The van der Waals surface area contributed by atoms with Gasteiger partial charge in [0.1, 0.15) is 55.4 Å². The lowest BCUT2D eigenvalue weighted by atomic mass is 9.98. The van der Waals surface area contributed by atoms with Crippen molar-refractivity contribution in [1.82, 2.24) is 0 Å². The van der Waals surface area contributed by atoms with Crippen LogP contribution in [0.2, 0.25) is 0 Å². The second kappa shape index (κ2) is 12.7. The van der Waals surface area contributed by atoms with E-state index in [2.05, 4.69) is 0 Å². The zero-order valence-corrected chi connectivity index (χ0v) is 18.5. The molecule has 13 nitrogen and oxygen atoms in total. The van der Waals surface area contributed by atoms with Gasteiger partial charge in [0.2, 0.25) is 0 Å². The second-order valence-corrected chi connectivity index (χ2v) is 8.09. The van der Waals surface area contributed by atoms with Crippen LogP contribution in [0.15, 0.2) is 0 Å². The van der Waals surface area contributed by atoms with Gasteiger partial charge in [0.15, 0.2) is 12.6 Å². The summed E-state index contributed by atoms with van der Waals surface area (Å²) in [5, 5.41) is 69.4. The number of esters is 1. The van der Waals surface area contributed by atoms with Crippen LogP contribution < -0.4 is 5.73 Å². The molecule has 0 bridgehead atoms. The second-order valence-electron chi connectivity index (χ2n) is 8.09. The molecule has 0 amide bonds. The van der Waals surface area contributed by atoms with Crippen molar-refractivity contribution < 1.29 is 59.5 Å². The van der Waals surface area contributed by atoms with Gasteiger partial charge in [-0.15, -0.1) is 12.4 Å². The van der Waals surface area contributed by atoms with Crippen molar-refractivity contribution in [2.24, 2.45) is 11.7 Å². The van der Waals surface area contributed by atoms with E-state index in [1.54, 1.807) is 13.8 Å². The summed E-state index contributed by atoms with van der Waals surface area (Å²) in [5.41, 5.74) is 5.65. The average Bonchev–Trinajstić information content (AvgIpc) is 2.72. The lowest BCUT2D eigenvalue weighted by molar-refractivity contribution is -0.376. The Labute approximate surface area is 191 Å². The molecule has 0 aromatic rings. The molecule has 0 spiro atoms. The number of nitrogens with two attached hydrogens (primary N) is 1. The third kappa shape index (κ3) is 6.91. The molecule has 4 unspecified atom stereocenters. The maximum absolute atomic E-state index is 12.1. The Kier molecular flexibility index (Phi) is 11.6. The van der Waals surface area contributed by atoms with E-state index < -0.39 is 86.5 Å². The largest absolute Gasteiger partial charge is 0.463 e. The van der Waals surface area contributed by atoms with E-state index in [4.69, 9.17) is 24.7 Å². The highest BCUT2D eigenvalue weighted by atomic mass is 35.5. The summed E-state index contributed by atoms with van der Waals surface area (Å²) in [5.74, 6) is -1.11. The summed E-state index contributed by atoms with van der Waals surface area (Å²) >= 11 is 0. The molecule has 0 aliphatic carbocycles. The Bertz CT molecular complexity index is 584. The molecule has 0 saturated carbocycles. The number of ether oxygens (including phenoxy) is 4. The molecule has 2 saturated heterocycles. The highest BCUT2D eigenvalue weighted by molar-refractivity contribution is 5.85. The number of carbonyl (C=O) groups excluding carboxylic acids is 1. The van der Waals surface area contributed by atoms with E-state index in [-0.39, 0.29) is 18.4 Å². The standard InChI is InChI=1S/C18H33NO12.ClH/c1-6(3-7(2)19)16(27)28-5-9-11(22)13(24)15(26)18(30-9)31-17-14(25)12(23)10(21)8(4-20)29-17;/h6-15,17-18,20-26H,3-5,19H2,1-2H3;1H/t6?,7?,8-,9-,10-,11-,12+,13+,14-,15-,17?,18?;/m1./s1. The van der Waals surface area contributed by atoms with Crippen molar-refractivity contribution in [1.29, 1.82) is 0 Å². The van der Waals surface area contributed by atoms with Crippen LogP contribution >= 0.6 is 12.4 Å². The first-order chi connectivity index (χ1) is 14.5. The summed E-state index contributed by atoms with van der Waals surface area (Å²) in [6.07, 6.45) is -15.8. The van der Waals surface area contributed by atoms with Gasteiger partial charge in [0.25, 0.3) is 0 Å². The Hall–Kier alpha value is -0.680. The molecule has 2 aliphatic rings. The van der Waals surface area contributed by atoms with Crippen LogP contribution in [-0.4, -0.2) is 122 Å². The Morgan fingerprint density at radius 3 is 1.81 bits per heavy atom. The summed E-state index contributed by atoms with van der Waals surface area (Å²) in [6.45, 7) is 2.18. The molecule has 14 heteroatoms. The molecule has 190 valence electrons. The van der Waals surface area contributed by atoms with Crippen molar-refractivity contribution >= 4 is 18.4 Å². The summed E-state index contributed by atoms with van der Waals surface area (Å²) in [4.78, 5) is 12.1.